The summed E-state index contributed by atoms with van der Waals surface area (Å²) in [4.78, 5) is 25.1. The van der Waals surface area contributed by atoms with Crippen molar-refractivity contribution < 1.29 is 32.9 Å². The van der Waals surface area contributed by atoms with Crippen molar-refractivity contribution in [1.29, 1.82) is 0 Å². The van der Waals surface area contributed by atoms with E-state index in [0.29, 0.717) is 23.9 Å². The molecule has 0 aromatic carbocycles. The van der Waals surface area contributed by atoms with Crippen molar-refractivity contribution in [3.05, 3.63) is 0 Å². The molecule has 0 aromatic heterocycles. The second-order valence-electron chi connectivity index (χ2n) is 14.6. The summed E-state index contributed by atoms with van der Waals surface area (Å²) < 4.78 is 23.0. The lowest BCUT2D eigenvalue weighted by Crippen LogP contribution is -2.46. The largest absolute Gasteiger partial charge is 0.756 e. The van der Waals surface area contributed by atoms with Gasteiger partial charge in [-0.1, -0.05) is 162 Å². The van der Waals surface area contributed by atoms with Gasteiger partial charge < -0.3 is 28.8 Å². The summed E-state index contributed by atoms with van der Waals surface area (Å²) in [5, 5.41) is 13.7. The molecule has 0 bridgehead atoms. The second-order valence-corrected chi connectivity index (χ2v) is 16.1. The molecular weight excluding hydrogens is 599 g/mol. The van der Waals surface area contributed by atoms with E-state index < -0.39 is 20.0 Å². The van der Waals surface area contributed by atoms with Gasteiger partial charge in [0.2, 0.25) is 5.91 Å². The minimum Gasteiger partial charge on any atom is -0.756 e. The van der Waals surface area contributed by atoms with Crippen LogP contribution < -0.4 is 10.2 Å². The zero-order valence-electron chi connectivity index (χ0n) is 31.0. The first-order valence-corrected chi connectivity index (χ1v) is 20.8. The summed E-state index contributed by atoms with van der Waals surface area (Å²) in [5.74, 6) is -0.168. The summed E-state index contributed by atoms with van der Waals surface area (Å²) in [6.07, 6.45) is 29.9. The SMILES string of the molecule is CCCCCCCCCCCCCCCCCCCCC(=O)NC(COP(=O)([O-])OCC[N+](C)(C)C)C(O)CCCCCCCC. The number of aliphatic hydroxyl groups excluding tert-OH is 1. The summed E-state index contributed by atoms with van der Waals surface area (Å²) in [6, 6.07) is -0.789. The third kappa shape index (κ3) is 32.1. The Bertz CT molecular complexity index is 733. The number of phosphoric acid groups is 1. The minimum absolute atomic E-state index is 0.0149. The van der Waals surface area contributed by atoms with Crippen LogP contribution in [-0.2, 0) is 18.4 Å². The van der Waals surface area contributed by atoms with E-state index in [9.17, 15) is 19.4 Å². The van der Waals surface area contributed by atoms with Crippen molar-refractivity contribution in [3.8, 4) is 0 Å². The molecule has 0 saturated heterocycles. The molecule has 0 spiro atoms. The first-order chi connectivity index (χ1) is 22.0. The van der Waals surface area contributed by atoms with Gasteiger partial charge in [-0.15, -0.1) is 0 Å². The van der Waals surface area contributed by atoms with Gasteiger partial charge in [0.25, 0.3) is 7.82 Å². The van der Waals surface area contributed by atoms with Crippen molar-refractivity contribution >= 4 is 13.7 Å². The van der Waals surface area contributed by atoms with Gasteiger partial charge in [-0.2, -0.15) is 0 Å². The average Bonchev–Trinajstić information content (AvgIpc) is 2.99. The highest BCUT2D eigenvalue weighted by Gasteiger charge is 2.24. The molecule has 0 aliphatic rings. The first-order valence-electron chi connectivity index (χ1n) is 19.4. The Morgan fingerprint density at radius 2 is 1.07 bits per heavy atom. The van der Waals surface area contributed by atoms with Gasteiger partial charge in [0.05, 0.1) is 39.9 Å². The van der Waals surface area contributed by atoms with Gasteiger partial charge in [0.15, 0.2) is 0 Å². The number of carbonyl (C=O) groups excluding carboxylic acids is 1. The van der Waals surface area contributed by atoms with Crippen LogP contribution in [0.15, 0.2) is 0 Å². The maximum atomic E-state index is 12.7. The van der Waals surface area contributed by atoms with Crippen molar-refractivity contribution in [2.24, 2.45) is 0 Å². The Labute approximate surface area is 285 Å². The second kappa shape index (κ2) is 30.6. The standard InChI is InChI=1S/C37H77N2O6P/c1-6-8-10-12-14-15-16-17-18-19-20-21-22-23-24-25-27-29-31-37(41)38-35(36(40)30-28-26-13-11-9-7-2)34-45-46(42,43)44-33-32-39(3,4)5/h35-36,40H,6-34H2,1-5H3,(H-,38,41,42,43). The Balaban J connectivity index is 4.19. The molecule has 1 amide bonds. The monoisotopic (exact) mass is 677 g/mol. The summed E-state index contributed by atoms with van der Waals surface area (Å²) >= 11 is 0. The average molecular weight is 677 g/mol. The number of nitrogens with one attached hydrogen (secondary N) is 1. The lowest BCUT2D eigenvalue weighted by atomic mass is 10.0. The van der Waals surface area contributed by atoms with Crippen LogP contribution in [0.3, 0.4) is 0 Å². The molecule has 0 aliphatic carbocycles. The molecule has 0 heterocycles. The van der Waals surface area contributed by atoms with Crippen LogP contribution in [0.1, 0.15) is 181 Å². The number of quaternary nitrogens is 1. The fourth-order valence-corrected chi connectivity index (χ4v) is 6.41. The van der Waals surface area contributed by atoms with Crippen LogP contribution in [0, 0.1) is 0 Å². The molecular formula is C37H77N2O6P. The zero-order valence-corrected chi connectivity index (χ0v) is 31.9. The molecule has 3 atom stereocenters. The Morgan fingerprint density at radius 1 is 0.674 bits per heavy atom. The van der Waals surface area contributed by atoms with Gasteiger partial charge in [0, 0.05) is 6.42 Å². The maximum Gasteiger partial charge on any atom is 0.268 e. The molecule has 46 heavy (non-hydrogen) atoms. The highest BCUT2D eigenvalue weighted by atomic mass is 31.2. The topological polar surface area (TPSA) is 108 Å². The maximum absolute atomic E-state index is 12.7. The summed E-state index contributed by atoms with van der Waals surface area (Å²) in [6.45, 7) is 4.65. The predicted octanol–water partition coefficient (Wildman–Crippen LogP) is 9.22. The number of likely N-dealkylation sites (N-methyl/N-ethyl adjacent to an activating group) is 1. The summed E-state index contributed by atoms with van der Waals surface area (Å²) in [5.41, 5.74) is 0. The van der Waals surface area contributed by atoms with Crippen LogP contribution in [0.4, 0.5) is 0 Å². The smallest absolute Gasteiger partial charge is 0.268 e. The highest BCUT2D eigenvalue weighted by molar-refractivity contribution is 7.45. The lowest BCUT2D eigenvalue weighted by Gasteiger charge is -2.30. The van der Waals surface area contributed by atoms with Gasteiger partial charge in [-0.05, 0) is 12.8 Å². The molecule has 0 radical (unpaired) electrons. The van der Waals surface area contributed by atoms with Gasteiger partial charge >= 0.3 is 0 Å². The van der Waals surface area contributed by atoms with Crippen LogP contribution in [-0.4, -0.2) is 68.5 Å². The van der Waals surface area contributed by atoms with Crippen LogP contribution in [0.5, 0.6) is 0 Å². The molecule has 0 rings (SSSR count). The lowest BCUT2D eigenvalue weighted by molar-refractivity contribution is -0.870. The Morgan fingerprint density at radius 3 is 1.48 bits per heavy atom. The predicted molar refractivity (Wildman–Crippen MR) is 192 cm³/mol. The number of carbonyl (C=O) groups is 1. The fourth-order valence-electron chi connectivity index (χ4n) is 5.69. The third-order valence-electron chi connectivity index (χ3n) is 8.85. The van der Waals surface area contributed by atoms with E-state index in [2.05, 4.69) is 19.2 Å². The summed E-state index contributed by atoms with van der Waals surface area (Å²) in [7, 11) is 1.31. The van der Waals surface area contributed by atoms with Crippen molar-refractivity contribution in [3.63, 3.8) is 0 Å². The molecule has 9 heteroatoms. The number of hydrogen-bond donors (Lipinski definition) is 2. The zero-order chi connectivity index (χ0) is 34.4. The molecule has 2 N–H and O–H groups in total. The van der Waals surface area contributed by atoms with E-state index in [1.165, 1.54) is 116 Å². The van der Waals surface area contributed by atoms with E-state index in [1.54, 1.807) is 0 Å². The number of hydrogen-bond acceptors (Lipinski definition) is 6. The van der Waals surface area contributed by atoms with E-state index >= 15 is 0 Å². The van der Waals surface area contributed by atoms with Gasteiger partial charge in [0.1, 0.15) is 13.2 Å². The number of nitrogens with zero attached hydrogens (tertiary/aromatic N) is 1. The Hall–Kier alpha value is -0.500. The number of phosphoric ester groups is 1. The van der Waals surface area contributed by atoms with Gasteiger partial charge in [-0.25, -0.2) is 0 Å². The van der Waals surface area contributed by atoms with Crippen molar-refractivity contribution in [1.82, 2.24) is 5.32 Å². The fraction of sp³-hybridized carbons (Fsp3) is 0.973. The molecule has 0 aromatic rings. The van der Waals surface area contributed by atoms with Crippen LogP contribution in [0.25, 0.3) is 0 Å². The van der Waals surface area contributed by atoms with E-state index in [1.807, 2.05) is 21.1 Å². The number of amides is 1. The minimum atomic E-state index is -4.54. The highest BCUT2D eigenvalue weighted by Crippen LogP contribution is 2.38. The number of aliphatic hydroxyl groups is 1. The quantitative estimate of drug-likeness (QED) is 0.0394. The molecule has 8 nitrogen and oxygen atoms in total. The van der Waals surface area contributed by atoms with Crippen LogP contribution in [0.2, 0.25) is 0 Å². The van der Waals surface area contributed by atoms with Gasteiger partial charge in [-0.3, -0.25) is 9.36 Å². The molecule has 0 fully saturated rings. The van der Waals surface area contributed by atoms with E-state index in [4.69, 9.17) is 9.05 Å². The number of rotatable bonds is 35. The van der Waals surface area contributed by atoms with E-state index in [0.717, 1.165) is 38.5 Å². The third-order valence-corrected chi connectivity index (χ3v) is 9.81. The molecule has 0 aliphatic heterocycles. The first kappa shape index (κ1) is 45.5. The normalized spacial score (nSPS) is 14.7. The van der Waals surface area contributed by atoms with Crippen molar-refractivity contribution in [2.75, 3.05) is 40.9 Å². The molecule has 3 unspecified atom stereocenters. The molecule has 0 saturated carbocycles. The van der Waals surface area contributed by atoms with E-state index in [-0.39, 0.29) is 19.1 Å². The Kier molecular flexibility index (Phi) is 30.2. The molecule has 276 valence electrons. The van der Waals surface area contributed by atoms with Crippen molar-refractivity contribution in [2.45, 2.75) is 193 Å². The number of unbranched alkanes of at least 4 members (excludes halogenated alkanes) is 22. The van der Waals surface area contributed by atoms with Crippen LogP contribution >= 0.6 is 7.82 Å².